The molecular formula is C40H23N3OS. The van der Waals surface area contributed by atoms with E-state index in [0.717, 1.165) is 48.6 Å². The lowest BCUT2D eigenvalue weighted by molar-refractivity contribution is 0.316. The molecule has 0 aliphatic carbocycles. The minimum absolute atomic E-state index is 0.228. The van der Waals surface area contributed by atoms with Crippen molar-refractivity contribution < 1.29 is 7.58 Å². The quantitative estimate of drug-likeness (QED) is 0.199. The van der Waals surface area contributed by atoms with Crippen molar-refractivity contribution in [3.63, 3.8) is 0 Å². The van der Waals surface area contributed by atoms with Crippen molar-refractivity contribution in [2.24, 2.45) is 0 Å². The zero-order valence-electron chi connectivity index (χ0n) is 25.8. The molecule has 0 radical (unpaired) electrons. The van der Waals surface area contributed by atoms with Gasteiger partial charge < -0.3 is 4.84 Å². The second-order valence-corrected chi connectivity index (χ2v) is 12.3. The fourth-order valence-electron chi connectivity index (χ4n) is 6.79. The van der Waals surface area contributed by atoms with Crippen LogP contribution in [0.3, 0.4) is 0 Å². The molecule has 210 valence electrons. The van der Waals surface area contributed by atoms with E-state index >= 15 is 0 Å². The van der Waals surface area contributed by atoms with Crippen LogP contribution in [0, 0.1) is 0 Å². The van der Waals surface area contributed by atoms with E-state index in [0.29, 0.717) is 28.3 Å². The van der Waals surface area contributed by atoms with Crippen LogP contribution in [0.25, 0.3) is 75.0 Å². The molecule has 0 N–H and O–H groups in total. The van der Waals surface area contributed by atoms with E-state index in [1.165, 1.54) is 15.5 Å². The van der Waals surface area contributed by atoms with Crippen molar-refractivity contribution in [2.75, 3.05) is 5.06 Å². The largest absolute Gasteiger partial charge is 0.371 e. The molecule has 1 aliphatic rings. The Morgan fingerprint density at radius 3 is 2.22 bits per heavy atom. The number of hydrogen-bond donors (Lipinski definition) is 0. The molecular weight excluding hydrogens is 571 g/mol. The summed E-state index contributed by atoms with van der Waals surface area (Å²) in [5, 5.41) is 9.18. The summed E-state index contributed by atoms with van der Waals surface area (Å²) in [5.74, 6) is 1.01. The van der Waals surface area contributed by atoms with Crippen LogP contribution in [0.4, 0.5) is 11.6 Å². The minimum atomic E-state index is 0.228. The topological polar surface area (TPSA) is 38.2 Å². The Morgan fingerprint density at radius 2 is 1.33 bits per heavy atom. The first-order valence-corrected chi connectivity index (χ1v) is 15.7. The van der Waals surface area contributed by atoms with Crippen LogP contribution in [-0.2, 0) is 0 Å². The van der Waals surface area contributed by atoms with Gasteiger partial charge in [-0.3, -0.25) is 0 Å². The van der Waals surface area contributed by atoms with Gasteiger partial charge in [0.05, 0.1) is 18.7 Å². The van der Waals surface area contributed by atoms with E-state index in [4.69, 9.17) is 17.5 Å². The Kier molecular flexibility index (Phi) is 4.72. The number of nitrogens with zero attached hydrogens (tertiary/aromatic N) is 3. The molecule has 9 aromatic rings. The van der Waals surface area contributed by atoms with Crippen LogP contribution in [0.2, 0.25) is 0 Å². The smallest absolute Gasteiger partial charge is 0.265 e. The number of rotatable bonds is 2. The summed E-state index contributed by atoms with van der Waals surface area (Å²) in [6, 6.07) is 43.3. The molecule has 0 unspecified atom stereocenters. The Hall–Kier alpha value is -5.78. The fourth-order valence-corrected chi connectivity index (χ4v) is 8.04. The van der Waals surface area contributed by atoms with Gasteiger partial charge >= 0.3 is 0 Å². The first-order valence-electron chi connectivity index (χ1n) is 15.9. The Balaban J connectivity index is 1.39. The molecule has 7 aromatic carbocycles. The van der Waals surface area contributed by atoms with Gasteiger partial charge in [-0.2, -0.15) is 0 Å². The molecule has 3 heterocycles. The van der Waals surface area contributed by atoms with Gasteiger partial charge in [-0.1, -0.05) is 121 Å². The predicted octanol–water partition coefficient (Wildman–Crippen LogP) is 11.1. The maximum atomic E-state index is 8.86. The summed E-state index contributed by atoms with van der Waals surface area (Å²) in [6.07, 6.45) is 0. The van der Waals surface area contributed by atoms with Gasteiger partial charge in [-0.15, -0.1) is 16.4 Å². The SMILES string of the molecule is [2H]c1ccc([2H])c2c(-c3ccccc3)nc(N3Oc4ccc5ccccc5c4-c4c3c3sc5ccccc5c3c3ccccc43)nc12. The maximum absolute atomic E-state index is 8.86. The molecule has 1 aliphatic heterocycles. The Labute approximate surface area is 265 Å². The molecule has 0 fully saturated rings. The molecule has 0 atom stereocenters. The zero-order valence-corrected chi connectivity index (χ0v) is 24.6. The van der Waals surface area contributed by atoms with Crippen molar-refractivity contribution in [3.8, 4) is 28.1 Å². The number of thiophene rings is 1. The standard InChI is InChI=1S/C40H23N3OS/c1-2-13-25(14-3-1)37-29-18-8-10-20-31(29)41-40(42-37)43-38-36(35-26-15-5-4-12-24(26)22-23-32(35)44-43)28-17-7-6-16-27(28)34-30-19-9-11-21-33(30)45-39(34)38/h1-23H/i18D,20D. The maximum Gasteiger partial charge on any atom is 0.265 e. The van der Waals surface area contributed by atoms with Crippen LogP contribution < -0.4 is 9.90 Å². The molecule has 0 bridgehead atoms. The molecule has 0 saturated carbocycles. The summed E-state index contributed by atoms with van der Waals surface area (Å²) in [4.78, 5) is 17.1. The summed E-state index contributed by atoms with van der Waals surface area (Å²) < 4.78 is 19.9. The summed E-state index contributed by atoms with van der Waals surface area (Å²) in [7, 11) is 0. The highest BCUT2D eigenvalue weighted by Crippen LogP contribution is 2.56. The summed E-state index contributed by atoms with van der Waals surface area (Å²) in [5.41, 5.74) is 4.80. The Morgan fingerprint density at radius 1 is 0.600 bits per heavy atom. The third-order valence-corrected chi connectivity index (χ3v) is 9.88. The monoisotopic (exact) mass is 595 g/mol. The third kappa shape index (κ3) is 3.53. The fraction of sp³-hybridized carbons (Fsp3) is 0. The average molecular weight is 596 g/mol. The number of benzene rings is 7. The lowest BCUT2D eigenvalue weighted by atomic mass is 9.89. The van der Waals surface area contributed by atoms with Crippen molar-refractivity contribution in [3.05, 3.63) is 139 Å². The highest BCUT2D eigenvalue weighted by Gasteiger charge is 2.34. The van der Waals surface area contributed by atoms with Crippen LogP contribution >= 0.6 is 11.3 Å². The molecule has 2 aromatic heterocycles. The lowest BCUT2D eigenvalue weighted by Crippen LogP contribution is -2.28. The van der Waals surface area contributed by atoms with Gasteiger partial charge in [0, 0.05) is 37.5 Å². The molecule has 10 rings (SSSR count). The van der Waals surface area contributed by atoms with Gasteiger partial charge in [-0.25, -0.2) is 9.97 Å². The van der Waals surface area contributed by atoms with E-state index in [-0.39, 0.29) is 12.1 Å². The zero-order chi connectivity index (χ0) is 31.2. The normalized spacial score (nSPS) is 13.2. The van der Waals surface area contributed by atoms with Gasteiger partial charge in [0.25, 0.3) is 5.95 Å². The molecule has 5 heteroatoms. The van der Waals surface area contributed by atoms with E-state index in [1.54, 1.807) is 28.5 Å². The molecule has 0 spiro atoms. The van der Waals surface area contributed by atoms with Crippen molar-refractivity contribution in [1.29, 1.82) is 0 Å². The van der Waals surface area contributed by atoms with Crippen molar-refractivity contribution >= 4 is 75.6 Å². The average Bonchev–Trinajstić information content (AvgIpc) is 3.52. The third-order valence-electron chi connectivity index (χ3n) is 8.70. The molecule has 45 heavy (non-hydrogen) atoms. The van der Waals surface area contributed by atoms with Crippen molar-refractivity contribution in [1.82, 2.24) is 9.97 Å². The van der Waals surface area contributed by atoms with Crippen molar-refractivity contribution in [2.45, 2.75) is 0 Å². The lowest BCUT2D eigenvalue weighted by Gasteiger charge is -2.33. The summed E-state index contributed by atoms with van der Waals surface area (Å²) in [6.45, 7) is 0. The van der Waals surface area contributed by atoms with Crippen LogP contribution in [0.5, 0.6) is 5.75 Å². The van der Waals surface area contributed by atoms with E-state index in [2.05, 4.69) is 78.9 Å². The summed E-state index contributed by atoms with van der Waals surface area (Å²) >= 11 is 1.74. The van der Waals surface area contributed by atoms with Gasteiger partial charge in [0.2, 0.25) is 0 Å². The van der Waals surface area contributed by atoms with E-state index in [1.807, 2.05) is 36.4 Å². The van der Waals surface area contributed by atoms with E-state index in [9.17, 15) is 0 Å². The molecule has 0 amide bonds. The highest BCUT2D eigenvalue weighted by atomic mass is 32.1. The first-order chi connectivity index (χ1) is 23.2. The van der Waals surface area contributed by atoms with Crippen LogP contribution in [0.1, 0.15) is 2.74 Å². The predicted molar refractivity (Wildman–Crippen MR) is 188 cm³/mol. The number of hydrogen-bond acceptors (Lipinski definition) is 5. The van der Waals surface area contributed by atoms with Gasteiger partial charge in [-0.05, 0) is 39.7 Å². The minimum Gasteiger partial charge on any atom is -0.371 e. The van der Waals surface area contributed by atoms with E-state index < -0.39 is 0 Å². The van der Waals surface area contributed by atoms with Crippen LogP contribution in [-0.4, -0.2) is 9.97 Å². The second kappa shape index (κ2) is 9.36. The van der Waals surface area contributed by atoms with Crippen LogP contribution in [0.15, 0.2) is 139 Å². The van der Waals surface area contributed by atoms with Gasteiger partial charge in [0.15, 0.2) is 5.75 Å². The number of anilines is 2. The second-order valence-electron chi connectivity index (χ2n) is 11.2. The number of para-hydroxylation sites is 1. The molecule has 0 saturated heterocycles. The number of fused-ring (bicyclic) bond motifs is 13. The Bertz CT molecular complexity index is 2760. The highest BCUT2D eigenvalue weighted by molar-refractivity contribution is 7.26. The first kappa shape index (κ1) is 22.7. The number of aromatic nitrogens is 2. The van der Waals surface area contributed by atoms with Gasteiger partial charge in [0.1, 0.15) is 5.69 Å². The molecule has 4 nitrogen and oxygen atoms in total.